The quantitative estimate of drug-likeness (QED) is 0.438. The Kier molecular flexibility index (Phi) is 4.11. The average Bonchev–Trinajstić information content (AvgIpc) is 2.91. The summed E-state index contributed by atoms with van der Waals surface area (Å²) in [5, 5.41) is 10.4. The first-order valence-corrected chi connectivity index (χ1v) is 8.81. The van der Waals surface area contributed by atoms with Crippen LogP contribution >= 0.6 is 0 Å². The van der Waals surface area contributed by atoms with E-state index in [1.54, 1.807) is 0 Å². The minimum absolute atomic E-state index is 0.770. The van der Waals surface area contributed by atoms with E-state index in [0.29, 0.717) is 0 Å². The second kappa shape index (κ2) is 6.32. The molecule has 3 N–H and O–H groups in total. The van der Waals surface area contributed by atoms with E-state index in [1.807, 2.05) is 18.2 Å². The highest BCUT2D eigenvalue weighted by molar-refractivity contribution is 6.07. The lowest BCUT2D eigenvalue weighted by atomic mass is 10.1. The third kappa shape index (κ3) is 2.72. The first kappa shape index (κ1) is 16.9. The number of rotatable bonds is 4. The van der Waals surface area contributed by atoms with Gasteiger partial charge >= 0.3 is 0 Å². The number of benzene rings is 2. The van der Waals surface area contributed by atoms with Crippen molar-refractivity contribution in [1.82, 2.24) is 19.4 Å². The molecular formula is C20H24N5O+. The van der Waals surface area contributed by atoms with E-state index in [2.05, 4.69) is 49.5 Å². The smallest absolute Gasteiger partial charge is 0.162 e. The molecule has 0 radical (unpaired) electrons. The van der Waals surface area contributed by atoms with Crippen LogP contribution < -0.4 is 5.48 Å². The molecule has 0 atom stereocenters. The van der Waals surface area contributed by atoms with Crippen molar-refractivity contribution in [2.24, 2.45) is 0 Å². The molecule has 4 aromatic rings. The van der Waals surface area contributed by atoms with E-state index in [4.69, 9.17) is 9.97 Å². The molecule has 0 aliphatic rings. The lowest BCUT2D eigenvalue weighted by Crippen LogP contribution is -2.73. The zero-order valence-electron chi connectivity index (χ0n) is 15.6. The van der Waals surface area contributed by atoms with Crippen LogP contribution in [0.3, 0.4) is 0 Å². The largest absolute Gasteiger partial charge is 0.323 e. The van der Waals surface area contributed by atoms with E-state index < -0.39 is 0 Å². The molecule has 0 fully saturated rings. The second-order valence-electron chi connectivity index (χ2n) is 7.18. The molecule has 6 nitrogen and oxygen atoms in total. The summed E-state index contributed by atoms with van der Waals surface area (Å²) in [5.74, 6) is 0. The molecule has 0 amide bonds. The highest BCUT2D eigenvalue weighted by Gasteiger charge is 2.16. The molecule has 0 spiro atoms. The molecule has 0 bridgehead atoms. The van der Waals surface area contributed by atoms with Gasteiger partial charge in [0.15, 0.2) is 11.3 Å². The van der Waals surface area contributed by atoms with Crippen LogP contribution in [0.25, 0.3) is 33.1 Å². The molecule has 26 heavy (non-hydrogen) atoms. The number of likely N-dealkylation sites (N-methyl/N-ethyl adjacent to an activating group) is 1. The van der Waals surface area contributed by atoms with E-state index in [9.17, 15) is 5.21 Å². The topological polar surface area (TPSA) is 70.8 Å². The Morgan fingerprint density at radius 1 is 1.04 bits per heavy atom. The molecule has 134 valence electrons. The maximum Gasteiger partial charge on any atom is 0.162 e. The number of nitrogens with zero attached hydrogens (tertiary/aromatic N) is 4. The fourth-order valence-corrected chi connectivity index (χ4v) is 3.37. The molecule has 0 unspecified atom stereocenters. The van der Waals surface area contributed by atoms with Gasteiger partial charge in [0.05, 0.1) is 16.6 Å². The van der Waals surface area contributed by atoms with Crippen molar-refractivity contribution in [3.63, 3.8) is 0 Å². The van der Waals surface area contributed by atoms with Gasteiger partial charge < -0.3 is 9.47 Å². The molecule has 2 aromatic carbocycles. The number of aromatic nitrogens is 3. The predicted octanol–water partition coefficient (Wildman–Crippen LogP) is 2.50. The SMILES string of the molecule is Cc1cc2nc3c4cc([NH2+]O)ccc4n(CCN(C)C)c3nc2cc1C. The predicted molar refractivity (Wildman–Crippen MR) is 104 cm³/mol. The van der Waals surface area contributed by atoms with Crippen LogP contribution in [-0.2, 0) is 6.54 Å². The van der Waals surface area contributed by atoms with Gasteiger partial charge in [-0.2, -0.15) is 5.48 Å². The van der Waals surface area contributed by atoms with Gasteiger partial charge in [-0.25, -0.2) is 15.2 Å². The summed E-state index contributed by atoms with van der Waals surface area (Å²) >= 11 is 0. The number of nitrogens with two attached hydrogens (primary N) is 1. The third-order valence-corrected chi connectivity index (χ3v) is 5.00. The first-order chi connectivity index (χ1) is 12.5. The Balaban J connectivity index is 2.07. The standard InChI is InChI=1S/C20H23N5O/c1-12-9-16-17(10-13(12)2)22-20-19(21-16)15-11-14(23-26)5-6-18(15)25(20)8-7-24(3)4/h5-6,9-11,23,26H,7-8H2,1-4H3/p+1. The van der Waals surface area contributed by atoms with Crippen LogP contribution in [0.4, 0.5) is 5.69 Å². The molecule has 4 rings (SSSR count). The Labute approximate surface area is 152 Å². The summed E-state index contributed by atoms with van der Waals surface area (Å²) in [7, 11) is 4.14. The average molecular weight is 350 g/mol. The van der Waals surface area contributed by atoms with E-state index in [-0.39, 0.29) is 0 Å². The van der Waals surface area contributed by atoms with Crippen molar-refractivity contribution in [1.29, 1.82) is 0 Å². The Morgan fingerprint density at radius 2 is 1.73 bits per heavy atom. The highest BCUT2D eigenvalue weighted by atomic mass is 16.5. The fourth-order valence-electron chi connectivity index (χ4n) is 3.37. The Bertz CT molecular complexity index is 1130. The molecule has 0 aliphatic carbocycles. The van der Waals surface area contributed by atoms with Crippen molar-refractivity contribution in [2.75, 3.05) is 20.6 Å². The molecule has 2 aromatic heterocycles. The molecule has 0 saturated carbocycles. The maximum atomic E-state index is 9.42. The summed E-state index contributed by atoms with van der Waals surface area (Å²) < 4.78 is 2.23. The van der Waals surface area contributed by atoms with Crippen LogP contribution in [0.1, 0.15) is 11.1 Å². The van der Waals surface area contributed by atoms with Crippen LogP contribution in [0.2, 0.25) is 0 Å². The summed E-state index contributed by atoms with van der Waals surface area (Å²) in [4.78, 5) is 12.1. The second-order valence-corrected chi connectivity index (χ2v) is 7.18. The van der Waals surface area contributed by atoms with Crippen molar-refractivity contribution in [2.45, 2.75) is 20.4 Å². The van der Waals surface area contributed by atoms with Crippen molar-refractivity contribution in [3.8, 4) is 0 Å². The van der Waals surface area contributed by atoms with Crippen LogP contribution in [0.15, 0.2) is 30.3 Å². The number of hydrogen-bond acceptors (Lipinski definition) is 4. The zero-order valence-corrected chi connectivity index (χ0v) is 15.6. The lowest BCUT2D eigenvalue weighted by molar-refractivity contribution is -0.825. The van der Waals surface area contributed by atoms with Gasteiger partial charge in [-0.3, -0.25) is 0 Å². The minimum atomic E-state index is 0.770. The molecule has 0 saturated heterocycles. The van der Waals surface area contributed by atoms with E-state index >= 15 is 0 Å². The van der Waals surface area contributed by atoms with Crippen LogP contribution in [0.5, 0.6) is 0 Å². The Hall–Kier alpha value is -2.54. The van der Waals surface area contributed by atoms with Crippen molar-refractivity contribution in [3.05, 3.63) is 41.5 Å². The van der Waals surface area contributed by atoms with Gasteiger partial charge in [0.25, 0.3) is 0 Å². The fraction of sp³-hybridized carbons (Fsp3) is 0.300. The summed E-state index contributed by atoms with van der Waals surface area (Å²) in [5.41, 5.74) is 9.04. The number of quaternary nitrogens is 1. The van der Waals surface area contributed by atoms with Gasteiger partial charge in [0, 0.05) is 30.6 Å². The van der Waals surface area contributed by atoms with Crippen LogP contribution in [-0.4, -0.2) is 45.3 Å². The van der Waals surface area contributed by atoms with Gasteiger partial charge in [-0.15, -0.1) is 0 Å². The Morgan fingerprint density at radius 3 is 2.38 bits per heavy atom. The summed E-state index contributed by atoms with van der Waals surface area (Å²) in [6.45, 7) is 5.95. The van der Waals surface area contributed by atoms with E-state index in [0.717, 1.165) is 57.4 Å². The van der Waals surface area contributed by atoms with Crippen molar-refractivity contribution >= 4 is 38.8 Å². The monoisotopic (exact) mass is 350 g/mol. The highest BCUT2D eigenvalue weighted by Crippen LogP contribution is 2.30. The van der Waals surface area contributed by atoms with Gasteiger partial charge in [0.2, 0.25) is 0 Å². The number of hydrogen-bond donors (Lipinski definition) is 2. The maximum absolute atomic E-state index is 9.42. The van der Waals surface area contributed by atoms with Crippen molar-refractivity contribution < 1.29 is 10.7 Å². The van der Waals surface area contributed by atoms with E-state index in [1.165, 1.54) is 11.1 Å². The van der Waals surface area contributed by atoms with Gasteiger partial charge in [-0.1, -0.05) is 0 Å². The molecule has 2 heterocycles. The first-order valence-electron chi connectivity index (χ1n) is 8.81. The van der Waals surface area contributed by atoms with Crippen LogP contribution in [0, 0.1) is 13.8 Å². The minimum Gasteiger partial charge on any atom is -0.323 e. The zero-order chi connectivity index (χ0) is 18.4. The van der Waals surface area contributed by atoms with Gasteiger partial charge in [0.1, 0.15) is 5.52 Å². The molecule has 6 heteroatoms. The molecule has 0 aliphatic heterocycles. The normalized spacial score (nSPS) is 12.1. The summed E-state index contributed by atoms with van der Waals surface area (Å²) in [6, 6.07) is 10.1. The number of fused-ring (bicyclic) bond motifs is 4. The molecular weight excluding hydrogens is 326 g/mol. The summed E-state index contributed by atoms with van der Waals surface area (Å²) in [6.07, 6.45) is 0. The lowest BCUT2D eigenvalue weighted by Gasteiger charge is -2.12. The third-order valence-electron chi connectivity index (χ3n) is 5.00. The van der Waals surface area contributed by atoms with Gasteiger partial charge in [-0.05, 0) is 57.3 Å². The number of aryl methyl sites for hydroxylation is 2.